The number of rotatable bonds is 10. The third kappa shape index (κ3) is 7.08. The summed E-state index contributed by atoms with van der Waals surface area (Å²) in [6, 6.07) is 5.10. The molecule has 1 aliphatic rings. The maximum Gasteiger partial charge on any atom is 0.217 e. The van der Waals surface area contributed by atoms with Crippen LogP contribution in [0.25, 0.3) is 0 Å². The lowest BCUT2D eigenvalue weighted by atomic mass is 10.2. The van der Waals surface area contributed by atoms with E-state index in [1.54, 1.807) is 30.0 Å². The molecular weight excluding hydrogens is 485 g/mol. The van der Waals surface area contributed by atoms with E-state index >= 15 is 0 Å². The van der Waals surface area contributed by atoms with Crippen LogP contribution in [0.4, 0.5) is 0 Å². The Morgan fingerprint density at radius 3 is 2.76 bits per heavy atom. The zero-order valence-corrected chi connectivity index (χ0v) is 19.2. The molecule has 10 heteroatoms. The van der Waals surface area contributed by atoms with Crippen LogP contribution in [-0.4, -0.2) is 41.4 Å². The number of halogens is 3. The van der Waals surface area contributed by atoms with Gasteiger partial charge >= 0.3 is 0 Å². The highest BCUT2D eigenvalue weighted by Crippen LogP contribution is 2.30. The monoisotopic (exact) mass is 507 g/mol. The Morgan fingerprint density at radius 2 is 2.07 bits per heavy atom. The van der Waals surface area contributed by atoms with Crippen molar-refractivity contribution < 1.29 is 18.9 Å². The topological polar surface area (TPSA) is 67.6 Å². The third-order valence-corrected chi connectivity index (χ3v) is 5.15. The number of methoxy groups -OCH3 is 1. The molecule has 2 heterocycles. The van der Waals surface area contributed by atoms with Crippen LogP contribution in [0.1, 0.15) is 44.0 Å². The van der Waals surface area contributed by atoms with E-state index in [4.69, 9.17) is 42.1 Å². The van der Waals surface area contributed by atoms with E-state index in [9.17, 15) is 0 Å². The van der Waals surface area contributed by atoms with Gasteiger partial charge in [-0.2, -0.15) is 0 Å². The fourth-order valence-electron chi connectivity index (χ4n) is 3.11. The first-order chi connectivity index (χ1) is 14.0. The lowest BCUT2D eigenvalue weighted by Gasteiger charge is -2.23. The summed E-state index contributed by atoms with van der Waals surface area (Å²) in [5, 5.41) is 5.32. The SMILES string of the molecule is COCn1nc(Br)nc1C(CCCOC1CCCCO1)Oc1cc(Cl)cc(Cl)c1. The summed E-state index contributed by atoms with van der Waals surface area (Å²) in [6.07, 6.45) is 4.11. The molecule has 1 saturated heterocycles. The Morgan fingerprint density at radius 1 is 1.28 bits per heavy atom. The van der Waals surface area contributed by atoms with Crippen LogP contribution < -0.4 is 4.74 Å². The van der Waals surface area contributed by atoms with Gasteiger partial charge in [0.15, 0.2) is 18.2 Å². The minimum absolute atomic E-state index is 0.110. The van der Waals surface area contributed by atoms with Crippen molar-refractivity contribution in [2.75, 3.05) is 20.3 Å². The Labute approximate surface area is 188 Å². The minimum Gasteiger partial charge on any atom is -0.482 e. The van der Waals surface area contributed by atoms with E-state index in [0.717, 1.165) is 32.3 Å². The Balaban J connectivity index is 1.68. The highest BCUT2D eigenvalue weighted by atomic mass is 79.9. The summed E-state index contributed by atoms with van der Waals surface area (Å²) in [7, 11) is 1.60. The average Bonchev–Trinajstić information content (AvgIpc) is 3.05. The van der Waals surface area contributed by atoms with Crippen LogP contribution in [0.2, 0.25) is 10.0 Å². The summed E-state index contributed by atoms with van der Waals surface area (Å²) in [4.78, 5) is 4.47. The van der Waals surface area contributed by atoms with E-state index in [1.807, 2.05) is 0 Å². The Hall–Kier alpha value is -0.900. The molecule has 0 aliphatic carbocycles. The predicted molar refractivity (Wildman–Crippen MR) is 113 cm³/mol. The molecule has 0 amide bonds. The molecule has 29 heavy (non-hydrogen) atoms. The number of benzene rings is 1. The summed E-state index contributed by atoms with van der Waals surface area (Å²) in [5.41, 5.74) is 0. The second kappa shape index (κ2) is 11.5. The molecule has 1 aromatic heterocycles. The fourth-order valence-corrected chi connectivity index (χ4v) is 3.99. The van der Waals surface area contributed by atoms with Crippen molar-refractivity contribution in [3.05, 3.63) is 38.8 Å². The van der Waals surface area contributed by atoms with E-state index in [2.05, 4.69) is 26.0 Å². The second-order valence-corrected chi connectivity index (χ2v) is 8.26. The quantitative estimate of drug-likeness (QED) is 0.400. The predicted octanol–water partition coefficient (Wildman–Crippen LogP) is 5.39. The molecule has 2 unspecified atom stereocenters. The third-order valence-electron chi connectivity index (χ3n) is 4.38. The van der Waals surface area contributed by atoms with Crippen molar-refractivity contribution in [2.24, 2.45) is 0 Å². The number of ether oxygens (including phenoxy) is 4. The second-order valence-electron chi connectivity index (χ2n) is 6.68. The van der Waals surface area contributed by atoms with Gasteiger partial charge in [-0.15, -0.1) is 5.10 Å². The highest BCUT2D eigenvalue weighted by molar-refractivity contribution is 9.10. The average molecular weight is 509 g/mol. The molecule has 2 aromatic rings. The zero-order chi connectivity index (χ0) is 20.6. The molecule has 7 nitrogen and oxygen atoms in total. The number of aromatic nitrogens is 3. The standard InChI is InChI=1S/C19H24BrCl2N3O4/c1-26-12-25-18(23-19(20)24-25)16(29-15-10-13(21)9-14(22)11-15)5-4-8-28-17-6-2-3-7-27-17/h9-11,16-17H,2-8,12H2,1H3. The molecule has 0 saturated carbocycles. The molecule has 2 atom stereocenters. The van der Waals surface area contributed by atoms with Crippen molar-refractivity contribution >= 4 is 39.1 Å². The first kappa shape index (κ1) is 22.8. The number of nitrogens with zero attached hydrogens (tertiary/aromatic N) is 3. The van der Waals surface area contributed by atoms with Crippen LogP contribution in [0.15, 0.2) is 22.9 Å². The molecule has 0 spiro atoms. The maximum atomic E-state index is 6.20. The molecule has 0 bridgehead atoms. The van der Waals surface area contributed by atoms with Gasteiger partial charge in [-0.3, -0.25) is 0 Å². The van der Waals surface area contributed by atoms with Crippen LogP contribution in [-0.2, 0) is 20.9 Å². The van der Waals surface area contributed by atoms with Gasteiger partial charge in [0.25, 0.3) is 0 Å². The van der Waals surface area contributed by atoms with Gasteiger partial charge in [-0.05, 0) is 66.2 Å². The molecular formula is C19H24BrCl2N3O4. The van der Waals surface area contributed by atoms with E-state index in [-0.39, 0.29) is 19.1 Å². The van der Waals surface area contributed by atoms with Gasteiger partial charge in [0.1, 0.15) is 12.5 Å². The van der Waals surface area contributed by atoms with E-state index in [1.165, 1.54) is 0 Å². The Bertz CT molecular complexity index is 767. The lowest BCUT2D eigenvalue weighted by molar-refractivity contribution is -0.163. The van der Waals surface area contributed by atoms with Gasteiger partial charge in [-0.25, -0.2) is 9.67 Å². The number of hydrogen-bond acceptors (Lipinski definition) is 6. The maximum absolute atomic E-state index is 6.20. The summed E-state index contributed by atoms with van der Waals surface area (Å²) in [5.74, 6) is 1.20. The fraction of sp³-hybridized carbons (Fsp3) is 0.579. The van der Waals surface area contributed by atoms with Crippen molar-refractivity contribution in [3.63, 3.8) is 0 Å². The van der Waals surface area contributed by atoms with Crippen molar-refractivity contribution in [3.8, 4) is 5.75 Å². The van der Waals surface area contributed by atoms with Crippen molar-refractivity contribution in [1.29, 1.82) is 0 Å². The molecule has 0 N–H and O–H groups in total. The summed E-state index contributed by atoms with van der Waals surface area (Å²) >= 11 is 15.6. The number of hydrogen-bond donors (Lipinski definition) is 0. The van der Waals surface area contributed by atoms with Crippen molar-refractivity contribution in [1.82, 2.24) is 14.8 Å². The van der Waals surface area contributed by atoms with Gasteiger partial charge in [0, 0.05) is 30.4 Å². The molecule has 1 fully saturated rings. The van der Waals surface area contributed by atoms with Gasteiger partial charge in [-0.1, -0.05) is 23.2 Å². The normalized spacial score (nSPS) is 18.0. The molecule has 1 aromatic carbocycles. The van der Waals surface area contributed by atoms with Crippen LogP contribution in [0.3, 0.4) is 0 Å². The lowest BCUT2D eigenvalue weighted by Crippen LogP contribution is -2.23. The summed E-state index contributed by atoms with van der Waals surface area (Å²) < 4.78 is 25.0. The van der Waals surface area contributed by atoms with E-state index in [0.29, 0.717) is 39.4 Å². The van der Waals surface area contributed by atoms with Crippen molar-refractivity contribution in [2.45, 2.75) is 51.2 Å². The first-order valence-corrected chi connectivity index (χ1v) is 11.0. The summed E-state index contributed by atoms with van der Waals surface area (Å²) in [6.45, 7) is 1.59. The minimum atomic E-state index is -0.380. The van der Waals surface area contributed by atoms with Gasteiger partial charge in [0.2, 0.25) is 4.73 Å². The molecule has 0 radical (unpaired) electrons. The molecule has 160 valence electrons. The largest absolute Gasteiger partial charge is 0.482 e. The van der Waals surface area contributed by atoms with Crippen LogP contribution in [0, 0.1) is 0 Å². The van der Waals surface area contributed by atoms with Gasteiger partial charge in [0.05, 0.1) is 0 Å². The smallest absolute Gasteiger partial charge is 0.217 e. The highest BCUT2D eigenvalue weighted by Gasteiger charge is 2.23. The molecule has 3 rings (SSSR count). The Kier molecular flexibility index (Phi) is 9.02. The van der Waals surface area contributed by atoms with Gasteiger partial charge < -0.3 is 18.9 Å². The molecule has 1 aliphatic heterocycles. The van der Waals surface area contributed by atoms with Crippen LogP contribution in [0.5, 0.6) is 5.75 Å². The first-order valence-electron chi connectivity index (χ1n) is 9.50. The zero-order valence-electron chi connectivity index (χ0n) is 16.2. The van der Waals surface area contributed by atoms with Crippen LogP contribution >= 0.6 is 39.1 Å². The van der Waals surface area contributed by atoms with E-state index < -0.39 is 0 Å².